The van der Waals surface area contributed by atoms with E-state index in [9.17, 15) is 14.4 Å². The van der Waals surface area contributed by atoms with Crippen molar-refractivity contribution in [3.8, 4) is 5.75 Å². The first-order valence-electron chi connectivity index (χ1n) is 9.60. The predicted octanol–water partition coefficient (Wildman–Crippen LogP) is 3.79. The van der Waals surface area contributed by atoms with Crippen LogP contribution < -0.4 is 15.4 Å². The van der Waals surface area contributed by atoms with Crippen LogP contribution in [0, 0.1) is 6.92 Å². The third-order valence-corrected chi connectivity index (χ3v) is 5.42. The van der Waals surface area contributed by atoms with E-state index in [0.717, 1.165) is 11.3 Å². The molecule has 0 saturated carbocycles. The summed E-state index contributed by atoms with van der Waals surface area (Å²) in [6, 6.07) is 14.4. The molecular weight excluding hydrogens is 402 g/mol. The molecule has 1 heterocycles. The molecule has 2 aromatic rings. The summed E-state index contributed by atoms with van der Waals surface area (Å²) in [6.07, 6.45) is -0.00934. The zero-order valence-electron chi connectivity index (χ0n) is 16.8. The van der Waals surface area contributed by atoms with Gasteiger partial charge in [0.1, 0.15) is 11.0 Å². The molecule has 0 aliphatic carbocycles. The molecule has 2 N–H and O–H groups in total. The molecule has 156 valence electrons. The number of hydrogen-bond donors (Lipinski definition) is 2. The summed E-state index contributed by atoms with van der Waals surface area (Å²) in [4.78, 5) is 40.6. The maximum atomic E-state index is 12.3. The van der Waals surface area contributed by atoms with Crippen LogP contribution in [0.3, 0.4) is 0 Å². The largest absolute Gasteiger partial charge is 0.494 e. The number of nitrogens with zero attached hydrogens (tertiary/aromatic N) is 1. The lowest BCUT2D eigenvalue weighted by atomic mass is 10.2. The molecule has 0 bridgehead atoms. The topological polar surface area (TPSA) is 96.9 Å². The SMILES string of the molecule is CCOc1ccc(NC(=O)CC2SC(CC(=O)Nc3ccc(C)cc3)=NC2=O)cc1. The van der Waals surface area contributed by atoms with Crippen molar-refractivity contribution in [1.82, 2.24) is 0 Å². The Morgan fingerprint density at radius 2 is 1.60 bits per heavy atom. The molecule has 2 aromatic carbocycles. The van der Waals surface area contributed by atoms with Gasteiger partial charge in [0, 0.05) is 17.8 Å². The van der Waals surface area contributed by atoms with E-state index in [2.05, 4.69) is 15.6 Å². The molecule has 7 nitrogen and oxygen atoms in total. The van der Waals surface area contributed by atoms with Crippen LogP contribution in [0.15, 0.2) is 53.5 Å². The maximum Gasteiger partial charge on any atom is 0.260 e. The summed E-state index contributed by atoms with van der Waals surface area (Å²) in [6.45, 7) is 4.43. The van der Waals surface area contributed by atoms with Crippen LogP contribution in [-0.4, -0.2) is 34.6 Å². The van der Waals surface area contributed by atoms with E-state index in [-0.39, 0.29) is 30.6 Å². The summed E-state index contributed by atoms with van der Waals surface area (Å²) in [5, 5.41) is 5.34. The number of thioether (sulfide) groups is 1. The molecule has 0 radical (unpaired) electrons. The molecule has 1 unspecified atom stereocenters. The van der Waals surface area contributed by atoms with E-state index >= 15 is 0 Å². The lowest BCUT2D eigenvalue weighted by Crippen LogP contribution is -2.21. The predicted molar refractivity (Wildman–Crippen MR) is 119 cm³/mol. The molecule has 0 aromatic heterocycles. The number of benzene rings is 2. The lowest BCUT2D eigenvalue weighted by Gasteiger charge is -2.09. The number of amides is 3. The molecule has 3 amide bonds. The van der Waals surface area contributed by atoms with Crippen molar-refractivity contribution in [2.75, 3.05) is 17.2 Å². The Morgan fingerprint density at radius 1 is 1.00 bits per heavy atom. The van der Waals surface area contributed by atoms with Crippen LogP contribution in [-0.2, 0) is 14.4 Å². The number of carbonyl (C=O) groups is 3. The van der Waals surface area contributed by atoms with E-state index in [4.69, 9.17) is 4.74 Å². The molecule has 0 spiro atoms. The molecule has 1 aliphatic heterocycles. The van der Waals surface area contributed by atoms with Gasteiger partial charge in [-0.05, 0) is 50.2 Å². The summed E-state index contributed by atoms with van der Waals surface area (Å²) in [7, 11) is 0. The number of aryl methyl sites for hydroxylation is 1. The Balaban J connectivity index is 1.47. The number of carbonyl (C=O) groups excluding carboxylic acids is 3. The van der Waals surface area contributed by atoms with Gasteiger partial charge in [0.15, 0.2) is 0 Å². The number of hydrogen-bond acceptors (Lipinski definition) is 5. The van der Waals surface area contributed by atoms with Crippen molar-refractivity contribution < 1.29 is 19.1 Å². The second-order valence-electron chi connectivity index (χ2n) is 6.75. The summed E-state index contributed by atoms with van der Waals surface area (Å²) in [5.74, 6) is -0.207. The average Bonchev–Trinajstić information content (AvgIpc) is 3.04. The number of nitrogens with one attached hydrogen (secondary N) is 2. The smallest absolute Gasteiger partial charge is 0.260 e. The van der Waals surface area contributed by atoms with Crippen LogP contribution in [0.1, 0.15) is 25.3 Å². The lowest BCUT2D eigenvalue weighted by molar-refractivity contribution is -0.121. The van der Waals surface area contributed by atoms with Crippen LogP contribution >= 0.6 is 11.8 Å². The van der Waals surface area contributed by atoms with Gasteiger partial charge >= 0.3 is 0 Å². The van der Waals surface area contributed by atoms with Gasteiger partial charge in [-0.15, -0.1) is 0 Å². The Bertz CT molecular complexity index is 955. The molecule has 30 heavy (non-hydrogen) atoms. The zero-order chi connectivity index (χ0) is 21.5. The number of anilines is 2. The minimum atomic E-state index is -0.616. The van der Waals surface area contributed by atoms with Crippen LogP contribution in [0.2, 0.25) is 0 Å². The van der Waals surface area contributed by atoms with Crippen molar-refractivity contribution in [2.45, 2.75) is 31.9 Å². The van der Waals surface area contributed by atoms with Gasteiger partial charge in [-0.25, -0.2) is 4.99 Å². The Kier molecular flexibility index (Phi) is 7.24. The highest BCUT2D eigenvalue weighted by atomic mass is 32.2. The quantitative estimate of drug-likeness (QED) is 0.671. The van der Waals surface area contributed by atoms with Crippen LogP contribution in [0.25, 0.3) is 0 Å². The van der Waals surface area contributed by atoms with Gasteiger partial charge in [0.25, 0.3) is 5.91 Å². The molecule has 1 aliphatic rings. The number of aliphatic imine (C=N–C) groups is 1. The van der Waals surface area contributed by atoms with Crippen LogP contribution in [0.5, 0.6) is 5.75 Å². The van der Waals surface area contributed by atoms with Crippen molar-refractivity contribution in [3.63, 3.8) is 0 Å². The number of rotatable bonds is 8. The summed E-state index contributed by atoms with van der Waals surface area (Å²) in [5.41, 5.74) is 2.41. The van der Waals surface area contributed by atoms with Crippen molar-refractivity contribution in [3.05, 3.63) is 54.1 Å². The fourth-order valence-electron chi connectivity index (χ4n) is 2.81. The summed E-state index contributed by atoms with van der Waals surface area (Å²) >= 11 is 1.17. The highest BCUT2D eigenvalue weighted by molar-refractivity contribution is 8.15. The fraction of sp³-hybridized carbons (Fsp3) is 0.273. The standard InChI is InChI=1S/C22H23N3O4S/c1-3-29-17-10-8-16(9-11-17)23-19(26)12-18-22(28)25-21(30-18)13-20(27)24-15-6-4-14(2)5-7-15/h4-11,18H,3,12-13H2,1-2H3,(H,23,26)(H,24,27). The fourth-order valence-corrected chi connectivity index (χ4v) is 3.88. The molecule has 0 saturated heterocycles. The van der Waals surface area contributed by atoms with Gasteiger partial charge < -0.3 is 15.4 Å². The Labute approximate surface area is 179 Å². The number of ether oxygens (including phenoxy) is 1. The van der Waals surface area contributed by atoms with Crippen molar-refractivity contribution in [2.24, 2.45) is 4.99 Å². The minimum absolute atomic E-state index is 0.00128. The van der Waals surface area contributed by atoms with E-state index in [1.54, 1.807) is 24.3 Å². The zero-order valence-corrected chi connectivity index (χ0v) is 17.6. The second kappa shape index (κ2) is 10.1. The summed E-state index contributed by atoms with van der Waals surface area (Å²) < 4.78 is 5.37. The normalized spacial score (nSPS) is 15.5. The molecule has 3 rings (SSSR count). The van der Waals surface area contributed by atoms with E-state index in [1.807, 2.05) is 38.1 Å². The monoisotopic (exact) mass is 425 g/mol. The Hall–Kier alpha value is -3.13. The van der Waals surface area contributed by atoms with Gasteiger partial charge in [-0.2, -0.15) is 0 Å². The highest BCUT2D eigenvalue weighted by Gasteiger charge is 2.31. The first-order chi connectivity index (χ1) is 14.4. The van der Waals surface area contributed by atoms with Gasteiger partial charge in [-0.1, -0.05) is 29.5 Å². The maximum absolute atomic E-state index is 12.3. The van der Waals surface area contributed by atoms with Gasteiger partial charge in [0.2, 0.25) is 11.8 Å². The first kappa shape index (κ1) is 21.6. The molecular formula is C22H23N3O4S. The van der Waals surface area contributed by atoms with Gasteiger partial charge in [-0.3, -0.25) is 14.4 Å². The van der Waals surface area contributed by atoms with E-state index in [0.29, 0.717) is 23.0 Å². The molecule has 0 fully saturated rings. The average molecular weight is 426 g/mol. The van der Waals surface area contributed by atoms with Crippen LogP contribution in [0.4, 0.5) is 11.4 Å². The molecule has 1 atom stereocenters. The molecule has 8 heteroatoms. The van der Waals surface area contributed by atoms with Crippen molar-refractivity contribution in [1.29, 1.82) is 0 Å². The Morgan fingerprint density at radius 3 is 2.23 bits per heavy atom. The van der Waals surface area contributed by atoms with E-state index < -0.39 is 5.25 Å². The highest BCUT2D eigenvalue weighted by Crippen LogP contribution is 2.27. The minimum Gasteiger partial charge on any atom is -0.494 e. The van der Waals surface area contributed by atoms with Gasteiger partial charge in [0.05, 0.1) is 18.1 Å². The van der Waals surface area contributed by atoms with Crippen molar-refractivity contribution >= 4 is 45.9 Å². The third-order valence-electron chi connectivity index (χ3n) is 4.26. The third kappa shape index (κ3) is 6.18. The first-order valence-corrected chi connectivity index (χ1v) is 10.5. The second-order valence-corrected chi connectivity index (χ2v) is 8.03. The van der Waals surface area contributed by atoms with E-state index in [1.165, 1.54) is 11.8 Å².